The van der Waals surface area contributed by atoms with Crippen LogP contribution in [0.5, 0.6) is 0 Å². The van der Waals surface area contributed by atoms with Gasteiger partial charge in [-0.15, -0.1) is 0 Å². The van der Waals surface area contributed by atoms with Gasteiger partial charge in [0.15, 0.2) is 0 Å². The number of carbonyl (C=O) groups excluding carboxylic acids is 1. The molecule has 0 N–H and O–H groups in total. The molecule has 0 aliphatic carbocycles. The fourth-order valence-electron chi connectivity index (χ4n) is 4.31. The normalized spacial score (nSPS) is 19.6. The van der Waals surface area contributed by atoms with Crippen LogP contribution in [0.15, 0.2) is 60.7 Å². The quantitative estimate of drug-likeness (QED) is 0.737. The molecule has 3 rings (SSSR count). The van der Waals surface area contributed by atoms with E-state index in [1.165, 1.54) is 5.56 Å². The number of hydrogen-bond donors (Lipinski definition) is 0. The Morgan fingerprint density at radius 3 is 2.30 bits per heavy atom. The van der Waals surface area contributed by atoms with Gasteiger partial charge in [-0.1, -0.05) is 69.3 Å². The second kappa shape index (κ2) is 8.71. The van der Waals surface area contributed by atoms with Gasteiger partial charge < -0.3 is 9.80 Å². The molecule has 1 amide bonds. The summed E-state index contributed by atoms with van der Waals surface area (Å²) in [5.74, 6) is 0.219. The van der Waals surface area contributed by atoms with E-state index in [1.54, 1.807) is 0 Å². The summed E-state index contributed by atoms with van der Waals surface area (Å²) < 4.78 is 0. The fourth-order valence-corrected chi connectivity index (χ4v) is 4.31. The van der Waals surface area contributed by atoms with Crippen LogP contribution in [0, 0.1) is 5.41 Å². The van der Waals surface area contributed by atoms with E-state index in [1.807, 2.05) is 25.1 Å². The Morgan fingerprint density at radius 2 is 1.70 bits per heavy atom. The predicted octanol–water partition coefficient (Wildman–Crippen LogP) is 4.77. The summed E-state index contributed by atoms with van der Waals surface area (Å²) in [6, 6.07) is 21.1. The van der Waals surface area contributed by atoms with Crippen molar-refractivity contribution in [3.05, 3.63) is 66.2 Å². The van der Waals surface area contributed by atoms with Gasteiger partial charge in [-0.2, -0.15) is 0 Å². The number of hydrogen-bond acceptors (Lipinski definition) is 2. The van der Waals surface area contributed by atoms with Crippen molar-refractivity contribution in [1.29, 1.82) is 0 Å². The minimum absolute atomic E-state index is 0.0512. The average molecular weight is 365 g/mol. The lowest BCUT2D eigenvalue weighted by molar-refractivity contribution is -0.119. The van der Waals surface area contributed by atoms with Crippen molar-refractivity contribution in [1.82, 2.24) is 4.90 Å². The maximum absolute atomic E-state index is 12.8. The van der Waals surface area contributed by atoms with E-state index in [2.05, 4.69) is 66.1 Å². The molecule has 0 saturated carbocycles. The summed E-state index contributed by atoms with van der Waals surface area (Å²) >= 11 is 0. The third-order valence-corrected chi connectivity index (χ3v) is 5.73. The van der Waals surface area contributed by atoms with Gasteiger partial charge in [0.25, 0.3) is 0 Å². The predicted molar refractivity (Wildman–Crippen MR) is 113 cm³/mol. The van der Waals surface area contributed by atoms with Gasteiger partial charge in [-0.3, -0.25) is 4.79 Å². The molecule has 1 unspecified atom stereocenters. The SMILES string of the molecule is CCC(=O)N(c1ccccc1)C1CCN(CCc2ccccc2)CC1(C)C. The summed E-state index contributed by atoms with van der Waals surface area (Å²) in [5.41, 5.74) is 2.47. The summed E-state index contributed by atoms with van der Waals surface area (Å²) in [5, 5.41) is 0. The van der Waals surface area contributed by atoms with Crippen LogP contribution in [0.3, 0.4) is 0 Å². The standard InChI is InChI=1S/C24H32N2O/c1-4-23(27)26(21-13-9-6-10-14-21)22-16-18-25(19-24(22,2)3)17-15-20-11-7-5-8-12-20/h5-14,22H,4,15-19H2,1-3H3. The van der Waals surface area contributed by atoms with E-state index < -0.39 is 0 Å². The van der Waals surface area contributed by atoms with E-state index in [9.17, 15) is 4.79 Å². The van der Waals surface area contributed by atoms with Crippen LogP contribution in [0.25, 0.3) is 0 Å². The van der Waals surface area contributed by atoms with Crippen LogP contribution in [-0.2, 0) is 11.2 Å². The van der Waals surface area contributed by atoms with Crippen LogP contribution < -0.4 is 4.90 Å². The zero-order valence-corrected chi connectivity index (χ0v) is 16.9. The van der Waals surface area contributed by atoms with E-state index in [0.717, 1.165) is 38.2 Å². The molecule has 144 valence electrons. The van der Waals surface area contributed by atoms with Gasteiger partial charge in [-0.25, -0.2) is 0 Å². The molecule has 1 heterocycles. The molecule has 2 aromatic carbocycles. The zero-order chi connectivity index (χ0) is 19.3. The molecular weight excluding hydrogens is 332 g/mol. The van der Waals surface area contributed by atoms with Gasteiger partial charge in [0.1, 0.15) is 0 Å². The maximum atomic E-state index is 12.8. The van der Waals surface area contributed by atoms with E-state index in [0.29, 0.717) is 6.42 Å². The largest absolute Gasteiger partial charge is 0.309 e. The highest BCUT2D eigenvalue weighted by Crippen LogP contribution is 2.36. The average Bonchev–Trinajstić information content (AvgIpc) is 2.69. The first-order chi connectivity index (χ1) is 13.0. The van der Waals surface area contributed by atoms with Crippen molar-refractivity contribution in [3.8, 4) is 0 Å². The topological polar surface area (TPSA) is 23.6 Å². The molecule has 2 aromatic rings. The summed E-state index contributed by atoms with van der Waals surface area (Å²) in [6.07, 6.45) is 2.64. The van der Waals surface area contributed by atoms with Crippen LogP contribution in [0.2, 0.25) is 0 Å². The molecule has 0 radical (unpaired) electrons. The minimum Gasteiger partial charge on any atom is -0.309 e. The lowest BCUT2D eigenvalue weighted by atomic mass is 9.77. The molecule has 0 aromatic heterocycles. The molecule has 1 fully saturated rings. The third-order valence-electron chi connectivity index (χ3n) is 5.73. The Labute approximate surface area is 164 Å². The summed E-state index contributed by atoms with van der Waals surface area (Å²) in [6.45, 7) is 9.72. The van der Waals surface area contributed by atoms with Gasteiger partial charge >= 0.3 is 0 Å². The molecule has 1 aliphatic rings. The molecule has 1 saturated heterocycles. The van der Waals surface area contributed by atoms with E-state index in [-0.39, 0.29) is 17.4 Å². The lowest BCUT2D eigenvalue weighted by Crippen LogP contribution is -2.57. The van der Waals surface area contributed by atoms with E-state index in [4.69, 9.17) is 0 Å². The second-order valence-corrected chi connectivity index (χ2v) is 8.26. The van der Waals surface area contributed by atoms with Crippen LogP contribution in [0.4, 0.5) is 5.69 Å². The Bertz CT molecular complexity index is 727. The van der Waals surface area contributed by atoms with E-state index >= 15 is 0 Å². The number of benzene rings is 2. The Balaban J connectivity index is 1.71. The molecule has 27 heavy (non-hydrogen) atoms. The number of amides is 1. The number of piperidine rings is 1. The van der Waals surface area contributed by atoms with Crippen molar-refractivity contribution in [2.75, 3.05) is 24.5 Å². The van der Waals surface area contributed by atoms with Crippen LogP contribution in [-0.4, -0.2) is 36.5 Å². The van der Waals surface area contributed by atoms with Crippen molar-refractivity contribution in [3.63, 3.8) is 0 Å². The Kier molecular flexibility index (Phi) is 6.33. The second-order valence-electron chi connectivity index (χ2n) is 8.26. The number of carbonyl (C=O) groups is 1. The lowest BCUT2D eigenvalue weighted by Gasteiger charge is -2.49. The number of rotatable bonds is 6. The van der Waals surface area contributed by atoms with Gasteiger partial charge in [0.05, 0.1) is 0 Å². The highest BCUT2D eigenvalue weighted by molar-refractivity contribution is 5.93. The van der Waals surface area contributed by atoms with Crippen LogP contribution >= 0.6 is 0 Å². The zero-order valence-electron chi connectivity index (χ0n) is 16.9. The highest BCUT2D eigenvalue weighted by atomic mass is 16.2. The third kappa shape index (κ3) is 4.78. The Hall–Kier alpha value is -2.13. The number of anilines is 1. The van der Waals surface area contributed by atoms with Gasteiger partial charge in [0.2, 0.25) is 5.91 Å². The molecule has 0 bridgehead atoms. The van der Waals surface area contributed by atoms with Crippen molar-refractivity contribution in [2.45, 2.75) is 46.1 Å². The van der Waals surface area contributed by atoms with Gasteiger partial charge in [0, 0.05) is 37.8 Å². The summed E-state index contributed by atoms with van der Waals surface area (Å²) in [4.78, 5) is 17.4. The minimum atomic E-state index is 0.0512. The van der Waals surface area contributed by atoms with Gasteiger partial charge in [-0.05, 0) is 36.0 Å². The molecule has 0 spiro atoms. The first-order valence-corrected chi connectivity index (χ1v) is 10.1. The first-order valence-electron chi connectivity index (χ1n) is 10.1. The highest BCUT2D eigenvalue weighted by Gasteiger charge is 2.41. The molecule has 3 nitrogen and oxygen atoms in total. The fraction of sp³-hybridized carbons (Fsp3) is 0.458. The number of nitrogens with zero attached hydrogens (tertiary/aromatic N) is 2. The molecular formula is C24H32N2O. The monoisotopic (exact) mass is 364 g/mol. The molecule has 1 aliphatic heterocycles. The smallest absolute Gasteiger partial charge is 0.226 e. The molecule has 1 atom stereocenters. The maximum Gasteiger partial charge on any atom is 0.226 e. The summed E-state index contributed by atoms with van der Waals surface area (Å²) in [7, 11) is 0. The van der Waals surface area contributed by atoms with Crippen molar-refractivity contribution in [2.24, 2.45) is 5.41 Å². The van der Waals surface area contributed by atoms with Crippen LogP contribution in [0.1, 0.15) is 39.2 Å². The number of para-hydroxylation sites is 1. The first kappa shape index (κ1) is 19.6. The van der Waals surface area contributed by atoms with Crippen molar-refractivity contribution < 1.29 is 4.79 Å². The van der Waals surface area contributed by atoms with Crippen molar-refractivity contribution >= 4 is 11.6 Å². The Morgan fingerprint density at radius 1 is 1.07 bits per heavy atom. The number of likely N-dealkylation sites (tertiary alicyclic amines) is 1. The molecule has 3 heteroatoms.